The van der Waals surface area contributed by atoms with Gasteiger partial charge in [0.05, 0.1) is 35.4 Å². The van der Waals surface area contributed by atoms with E-state index in [9.17, 15) is 22.0 Å². The molecule has 178 valence electrons. The van der Waals surface area contributed by atoms with Crippen LogP contribution >= 0.6 is 0 Å². The number of carbonyl (C=O) groups is 1. The van der Waals surface area contributed by atoms with Crippen molar-refractivity contribution in [1.82, 2.24) is 19.2 Å². The largest absolute Gasteiger partial charge is 0.485 e. The number of benzene rings is 1. The molecular weight excluding hydrogens is 468 g/mol. The van der Waals surface area contributed by atoms with Crippen LogP contribution in [0.3, 0.4) is 0 Å². The number of fused-ring (bicyclic) bond motifs is 1. The highest BCUT2D eigenvalue weighted by Crippen LogP contribution is 2.24. The van der Waals surface area contributed by atoms with E-state index in [0.29, 0.717) is 17.0 Å². The molecule has 1 aromatic carbocycles. The third-order valence-electron chi connectivity index (χ3n) is 5.02. The fraction of sp³-hybridized carbons (Fsp3) is 0.227. The van der Waals surface area contributed by atoms with Crippen LogP contribution < -0.4 is 10.1 Å². The number of nitrogens with zero attached hydrogens (tertiary/aromatic N) is 4. The third kappa shape index (κ3) is 5.06. The fourth-order valence-corrected chi connectivity index (χ4v) is 3.88. The third-order valence-corrected chi connectivity index (χ3v) is 5.94. The van der Waals surface area contributed by atoms with Gasteiger partial charge in [-0.3, -0.25) is 13.9 Å². The lowest BCUT2D eigenvalue weighted by Crippen LogP contribution is -2.15. The fourth-order valence-electron chi connectivity index (χ4n) is 3.36. The molecule has 0 unspecified atom stereocenters. The van der Waals surface area contributed by atoms with E-state index in [2.05, 4.69) is 15.4 Å². The summed E-state index contributed by atoms with van der Waals surface area (Å²) in [7, 11) is -3.15. The second-order valence-electron chi connectivity index (χ2n) is 7.68. The van der Waals surface area contributed by atoms with Crippen molar-refractivity contribution in [3.8, 4) is 5.75 Å². The Balaban J connectivity index is 1.54. The van der Waals surface area contributed by atoms with E-state index < -0.39 is 27.4 Å². The van der Waals surface area contributed by atoms with Gasteiger partial charge in [0.25, 0.3) is 5.91 Å². The lowest BCUT2D eigenvalue weighted by atomic mass is 10.2. The van der Waals surface area contributed by atoms with Gasteiger partial charge in [-0.05, 0) is 31.2 Å². The Bertz CT molecular complexity index is 1460. The highest BCUT2D eigenvalue weighted by Gasteiger charge is 2.20. The Labute approximate surface area is 193 Å². The maximum absolute atomic E-state index is 13.9. The molecular formula is C22H21F2N5O4S. The first-order chi connectivity index (χ1) is 16.1. The molecule has 9 nitrogen and oxygen atoms in total. The quantitative estimate of drug-likeness (QED) is 0.408. The Morgan fingerprint density at radius 2 is 1.91 bits per heavy atom. The number of pyridine rings is 1. The van der Waals surface area contributed by atoms with E-state index >= 15 is 0 Å². The van der Waals surface area contributed by atoms with Crippen molar-refractivity contribution in [2.75, 3.05) is 17.3 Å². The first-order valence-electron chi connectivity index (χ1n) is 10.2. The monoisotopic (exact) mass is 489 g/mol. The normalized spacial score (nSPS) is 11.6. The van der Waals surface area contributed by atoms with Gasteiger partial charge < -0.3 is 10.1 Å². The molecule has 0 aliphatic carbocycles. The van der Waals surface area contributed by atoms with Crippen molar-refractivity contribution < 1.29 is 26.7 Å². The molecule has 1 amide bonds. The van der Waals surface area contributed by atoms with Crippen LogP contribution in [0.2, 0.25) is 0 Å². The second-order valence-corrected chi connectivity index (χ2v) is 9.94. The lowest BCUT2D eigenvalue weighted by molar-refractivity contribution is 0.102. The number of rotatable bonds is 8. The summed E-state index contributed by atoms with van der Waals surface area (Å²) >= 11 is 0. The van der Waals surface area contributed by atoms with Crippen molar-refractivity contribution in [2.45, 2.75) is 20.1 Å². The lowest BCUT2D eigenvalue weighted by Gasteiger charge is -2.09. The molecule has 3 heterocycles. The standard InChI is InChI=1S/C22H21F2N5O4S/c1-14-20(22(30)27-15-11-25-28(12-15)9-10-34(2,31)32)29-8-4-7-19(21(29)26-14)33-13-16-17(23)5-3-6-18(16)24/h3-8,11-12H,9-10,13H2,1-2H3,(H,27,30). The van der Waals surface area contributed by atoms with Crippen LogP contribution in [0, 0.1) is 18.6 Å². The summed E-state index contributed by atoms with van der Waals surface area (Å²) in [5.74, 6) is -1.73. The van der Waals surface area contributed by atoms with Gasteiger partial charge in [-0.15, -0.1) is 0 Å². The molecule has 0 aliphatic rings. The van der Waals surface area contributed by atoms with Crippen molar-refractivity contribution in [2.24, 2.45) is 0 Å². The van der Waals surface area contributed by atoms with Gasteiger partial charge in [-0.2, -0.15) is 5.10 Å². The van der Waals surface area contributed by atoms with Gasteiger partial charge in [0.15, 0.2) is 11.4 Å². The number of nitrogens with one attached hydrogen (secondary N) is 1. The number of hydrogen-bond donors (Lipinski definition) is 1. The minimum atomic E-state index is -3.15. The van der Waals surface area contributed by atoms with E-state index in [1.54, 1.807) is 25.3 Å². The number of imidazole rings is 1. The maximum atomic E-state index is 13.9. The average molecular weight is 490 g/mol. The first-order valence-corrected chi connectivity index (χ1v) is 12.2. The van der Waals surface area contributed by atoms with Crippen molar-refractivity contribution in [3.63, 3.8) is 0 Å². The van der Waals surface area contributed by atoms with Gasteiger partial charge >= 0.3 is 0 Å². The Morgan fingerprint density at radius 3 is 2.62 bits per heavy atom. The number of amides is 1. The summed E-state index contributed by atoms with van der Waals surface area (Å²) in [6, 6.07) is 6.78. The number of ether oxygens (including phenoxy) is 1. The first kappa shape index (κ1) is 23.4. The summed E-state index contributed by atoms with van der Waals surface area (Å²) < 4.78 is 59.1. The Kier molecular flexibility index (Phi) is 6.33. The molecule has 0 fully saturated rings. The Morgan fingerprint density at radius 1 is 1.18 bits per heavy atom. The summed E-state index contributed by atoms with van der Waals surface area (Å²) in [5.41, 5.74) is 1.14. The topological polar surface area (TPSA) is 108 Å². The molecule has 0 saturated heterocycles. The molecule has 34 heavy (non-hydrogen) atoms. The minimum absolute atomic E-state index is 0.0754. The number of hydrogen-bond acceptors (Lipinski definition) is 6. The molecule has 4 aromatic rings. The van der Waals surface area contributed by atoms with Crippen LogP contribution in [0.25, 0.3) is 5.65 Å². The highest BCUT2D eigenvalue weighted by molar-refractivity contribution is 7.90. The maximum Gasteiger partial charge on any atom is 0.274 e. The number of halogens is 2. The van der Waals surface area contributed by atoms with Gasteiger partial charge in [-0.25, -0.2) is 22.2 Å². The summed E-state index contributed by atoms with van der Waals surface area (Å²) in [6.45, 7) is 1.46. The molecule has 0 atom stereocenters. The van der Waals surface area contributed by atoms with Crippen LogP contribution in [-0.2, 0) is 23.0 Å². The zero-order valence-electron chi connectivity index (χ0n) is 18.3. The van der Waals surface area contributed by atoms with Crippen LogP contribution in [0.5, 0.6) is 5.75 Å². The molecule has 0 saturated carbocycles. The average Bonchev–Trinajstić information content (AvgIpc) is 3.34. The van der Waals surface area contributed by atoms with Crippen LogP contribution in [0.4, 0.5) is 14.5 Å². The molecule has 4 rings (SSSR count). The van der Waals surface area contributed by atoms with E-state index in [1.807, 2.05) is 0 Å². The number of carbonyl (C=O) groups excluding carboxylic acids is 1. The zero-order chi connectivity index (χ0) is 24.5. The molecule has 0 bridgehead atoms. The van der Waals surface area contributed by atoms with Crippen molar-refractivity contribution in [3.05, 3.63) is 77.5 Å². The summed E-state index contributed by atoms with van der Waals surface area (Å²) in [4.78, 5) is 17.4. The molecule has 0 aliphatic heterocycles. The molecule has 12 heteroatoms. The van der Waals surface area contributed by atoms with Gasteiger partial charge in [0, 0.05) is 18.6 Å². The zero-order valence-corrected chi connectivity index (χ0v) is 19.1. The molecule has 0 radical (unpaired) electrons. The van der Waals surface area contributed by atoms with Crippen molar-refractivity contribution >= 4 is 27.1 Å². The highest BCUT2D eigenvalue weighted by atomic mass is 32.2. The molecule has 1 N–H and O–H groups in total. The van der Waals surface area contributed by atoms with Gasteiger partial charge in [0.2, 0.25) is 0 Å². The van der Waals surface area contributed by atoms with E-state index in [4.69, 9.17) is 4.74 Å². The number of aromatic nitrogens is 4. The predicted molar refractivity (Wildman–Crippen MR) is 121 cm³/mol. The van der Waals surface area contributed by atoms with Crippen LogP contribution in [-0.4, -0.2) is 45.5 Å². The van der Waals surface area contributed by atoms with Crippen LogP contribution in [0.15, 0.2) is 48.9 Å². The van der Waals surface area contributed by atoms with E-state index in [-0.39, 0.29) is 35.9 Å². The van der Waals surface area contributed by atoms with Crippen LogP contribution in [0.1, 0.15) is 21.7 Å². The Hall–Kier alpha value is -3.80. The van der Waals surface area contributed by atoms with Gasteiger partial charge in [-0.1, -0.05) is 6.07 Å². The number of aryl methyl sites for hydroxylation is 2. The number of anilines is 1. The van der Waals surface area contributed by atoms with Crippen molar-refractivity contribution in [1.29, 1.82) is 0 Å². The summed E-state index contributed by atoms with van der Waals surface area (Å²) in [5, 5.41) is 6.77. The molecule has 0 spiro atoms. The smallest absolute Gasteiger partial charge is 0.274 e. The van der Waals surface area contributed by atoms with Gasteiger partial charge in [0.1, 0.15) is 33.8 Å². The summed E-state index contributed by atoms with van der Waals surface area (Å²) in [6.07, 6.45) is 5.70. The van der Waals surface area contributed by atoms with E-state index in [1.165, 1.54) is 27.5 Å². The molecule has 3 aromatic heterocycles. The SMILES string of the molecule is Cc1nc2c(OCc3c(F)cccc3F)cccn2c1C(=O)Nc1cnn(CCS(C)(=O)=O)c1. The number of sulfone groups is 1. The minimum Gasteiger partial charge on any atom is -0.485 e. The second kappa shape index (κ2) is 9.21. The van der Waals surface area contributed by atoms with E-state index in [0.717, 1.165) is 18.4 Å². The predicted octanol–water partition coefficient (Wildman–Crippen LogP) is 2.99.